The van der Waals surface area contributed by atoms with Gasteiger partial charge >= 0.3 is 11.9 Å². The van der Waals surface area contributed by atoms with Gasteiger partial charge in [-0.1, -0.05) is 50.6 Å². The van der Waals surface area contributed by atoms with Crippen LogP contribution in [-0.2, 0) is 40.0 Å². The lowest BCUT2D eigenvalue weighted by atomic mass is 9.96. The largest absolute Gasteiger partial charge is 0.481 e. The number of amides is 5. The monoisotopic (exact) mass is 651 g/mol. The molecule has 16 heteroatoms. The lowest BCUT2D eigenvalue weighted by Gasteiger charge is -2.28. The van der Waals surface area contributed by atoms with Crippen molar-refractivity contribution in [2.24, 2.45) is 5.92 Å². The summed E-state index contributed by atoms with van der Waals surface area (Å²) >= 11 is 0. The molecule has 0 heterocycles. The number of carboxylic acid groups (broad SMARTS) is 2. The summed E-state index contributed by atoms with van der Waals surface area (Å²) in [5.74, 6) is -7.25. The SMILES string of the molecule is CCC(C)C(NC(=O)C(C)NC(=O)CC(C)O)C(=O)NC(Cc1ccccc1)C(=O)NC(CCC(=O)O)C(=O)NC(CO)C(=O)O. The Morgan fingerprint density at radius 1 is 0.739 bits per heavy atom. The molecule has 7 atom stereocenters. The van der Waals surface area contributed by atoms with Crippen LogP contribution in [0.15, 0.2) is 30.3 Å². The van der Waals surface area contributed by atoms with Crippen molar-refractivity contribution < 1.29 is 54.0 Å². The van der Waals surface area contributed by atoms with Crippen molar-refractivity contribution in [3.63, 3.8) is 0 Å². The number of benzene rings is 1. The highest BCUT2D eigenvalue weighted by Crippen LogP contribution is 2.11. The molecule has 1 aromatic rings. The Hall–Kier alpha value is -4.57. The molecule has 0 aliphatic heterocycles. The van der Waals surface area contributed by atoms with Gasteiger partial charge in [-0.25, -0.2) is 4.79 Å². The molecule has 16 nitrogen and oxygen atoms in total. The molecule has 0 aliphatic rings. The Labute approximate surface area is 266 Å². The minimum Gasteiger partial charge on any atom is -0.481 e. The van der Waals surface area contributed by atoms with Crippen molar-refractivity contribution >= 4 is 41.5 Å². The first-order chi connectivity index (χ1) is 21.6. The van der Waals surface area contributed by atoms with Crippen LogP contribution in [-0.4, -0.2) is 105 Å². The molecule has 0 saturated heterocycles. The molecule has 7 unspecified atom stereocenters. The highest BCUT2D eigenvalue weighted by atomic mass is 16.4. The van der Waals surface area contributed by atoms with E-state index in [1.54, 1.807) is 44.2 Å². The smallest absolute Gasteiger partial charge is 0.328 e. The summed E-state index contributed by atoms with van der Waals surface area (Å²) in [4.78, 5) is 87.5. The van der Waals surface area contributed by atoms with Gasteiger partial charge in [-0.05, 0) is 31.7 Å². The zero-order chi connectivity index (χ0) is 35.0. The van der Waals surface area contributed by atoms with Crippen LogP contribution in [0.3, 0.4) is 0 Å². The molecule has 9 N–H and O–H groups in total. The number of carbonyl (C=O) groups is 7. The molecule has 0 spiro atoms. The zero-order valence-electron chi connectivity index (χ0n) is 26.3. The van der Waals surface area contributed by atoms with Gasteiger partial charge in [0.2, 0.25) is 29.5 Å². The maximum atomic E-state index is 13.6. The second-order valence-electron chi connectivity index (χ2n) is 11.0. The topological polar surface area (TPSA) is 261 Å². The minimum atomic E-state index is -1.71. The highest BCUT2D eigenvalue weighted by Gasteiger charge is 2.33. The molecule has 0 fully saturated rings. The summed E-state index contributed by atoms with van der Waals surface area (Å²) in [6.45, 7) is 5.33. The van der Waals surface area contributed by atoms with Crippen molar-refractivity contribution in [3.05, 3.63) is 35.9 Å². The first-order valence-electron chi connectivity index (χ1n) is 14.9. The zero-order valence-corrected chi connectivity index (χ0v) is 26.3. The Morgan fingerprint density at radius 3 is 1.83 bits per heavy atom. The number of nitrogens with one attached hydrogen (secondary N) is 5. The Balaban J connectivity index is 3.27. The summed E-state index contributed by atoms with van der Waals surface area (Å²) in [5.41, 5.74) is 0.610. The number of carboxylic acids is 2. The van der Waals surface area contributed by atoms with Crippen LogP contribution in [0, 0.1) is 5.92 Å². The van der Waals surface area contributed by atoms with Crippen molar-refractivity contribution in [2.45, 2.75) is 96.1 Å². The first kappa shape index (κ1) is 39.5. The third-order valence-corrected chi connectivity index (χ3v) is 7.04. The number of rotatable bonds is 20. The van der Waals surface area contributed by atoms with Gasteiger partial charge in [-0.3, -0.25) is 28.8 Å². The van der Waals surface area contributed by atoms with Crippen LogP contribution in [0.2, 0.25) is 0 Å². The lowest BCUT2D eigenvalue weighted by Crippen LogP contribution is -2.60. The number of hydrogen-bond donors (Lipinski definition) is 9. The minimum absolute atomic E-state index is 0.0763. The molecule has 256 valence electrons. The Morgan fingerprint density at radius 2 is 1.30 bits per heavy atom. The van der Waals surface area contributed by atoms with E-state index in [2.05, 4.69) is 21.3 Å². The van der Waals surface area contributed by atoms with E-state index in [1.807, 2.05) is 5.32 Å². The Kier molecular flexibility index (Phi) is 16.9. The summed E-state index contributed by atoms with van der Waals surface area (Å²) in [7, 11) is 0. The predicted molar refractivity (Wildman–Crippen MR) is 163 cm³/mol. The van der Waals surface area contributed by atoms with E-state index in [4.69, 9.17) is 5.11 Å². The van der Waals surface area contributed by atoms with Crippen LogP contribution in [0.5, 0.6) is 0 Å². The van der Waals surface area contributed by atoms with Crippen molar-refractivity contribution in [3.8, 4) is 0 Å². The molecular weight excluding hydrogens is 606 g/mol. The lowest BCUT2D eigenvalue weighted by molar-refractivity contribution is -0.144. The van der Waals surface area contributed by atoms with Crippen LogP contribution in [0.1, 0.15) is 58.9 Å². The first-order valence-corrected chi connectivity index (χ1v) is 14.9. The van der Waals surface area contributed by atoms with Gasteiger partial charge in [0.05, 0.1) is 19.1 Å². The van der Waals surface area contributed by atoms with Gasteiger partial charge in [0.25, 0.3) is 0 Å². The van der Waals surface area contributed by atoms with E-state index in [1.165, 1.54) is 13.8 Å². The molecule has 0 aliphatic carbocycles. The van der Waals surface area contributed by atoms with Gasteiger partial charge < -0.3 is 47.0 Å². The van der Waals surface area contributed by atoms with Gasteiger partial charge in [0.15, 0.2) is 0 Å². The second-order valence-corrected chi connectivity index (χ2v) is 11.0. The molecule has 5 amide bonds. The maximum absolute atomic E-state index is 13.6. The molecule has 0 radical (unpaired) electrons. The maximum Gasteiger partial charge on any atom is 0.328 e. The van der Waals surface area contributed by atoms with E-state index >= 15 is 0 Å². The van der Waals surface area contributed by atoms with E-state index in [-0.39, 0.29) is 12.8 Å². The number of aliphatic hydroxyl groups excluding tert-OH is 2. The van der Waals surface area contributed by atoms with Gasteiger partial charge in [0.1, 0.15) is 30.2 Å². The van der Waals surface area contributed by atoms with E-state index in [0.717, 1.165) is 0 Å². The van der Waals surface area contributed by atoms with Gasteiger partial charge in [-0.2, -0.15) is 0 Å². The summed E-state index contributed by atoms with van der Waals surface area (Å²) < 4.78 is 0. The highest BCUT2D eigenvalue weighted by molar-refractivity contribution is 5.96. The van der Waals surface area contributed by atoms with Crippen LogP contribution in [0.4, 0.5) is 0 Å². The summed E-state index contributed by atoms with van der Waals surface area (Å²) in [6.07, 6.45) is -1.80. The molecule has 46 heavy (non-hydrogen) atoms. The van der Waals surface area contributed by atoms with Crippen molar-refractivity contribution in [1.29, 1.82) is 0 Å². The normalized spacial score (nSPS) is 15.4. The van der Waals surface area contributed by atoms with Gasteiger partial charge in [-0.15, -0.1) is 0 Å². The van der Waals surface area contributed by atoms with Gasteiger partial charge in [0, 0.05) is 12.8 Å². The van der Waals surface area contributed by atoms with E-state index in [9.17, 15) is 48.9 Å². The van der Waals surface area contributed by atoms with E-state index < -0.39 is 103 Å². The molecule has 1 aromatic carbocycles. The van der Waals surface area contributed by atoms with Crippen molar-refractivity contribution in [2.75, 3.05) is 6.61 Å². The fraction of sp³-hybridized carbons (Fsp3) is 0.567. The fourth-order valence-electron chi connectivity index (χ4n) is 4.20. The van der Waals surface area contributed by atoms with Crippen molar-refractivity contribution in [1.82, 2.24) is 26.6 Å². The number of aliphatic hydroxyl groups is 2. The van der Waals surface area contributed by atoms with Crippen LogP contribution < -0.4 is 26.6 Å². The fourth-order valence-corrected chi connectivity index (χ4v) is 4.20. The van der Waals surface area contributed by atoms with Crippen LogP contribution in [0.25, 0.3) is 0 Å². The third-order valence-electron chi connectivity index (χ3n) is 7.04. The molecular formula is C30H45N5O11. The molecule has 0 aromatic heterocycles. The second kappa shape index (κ2) is 19.7. The number of hydrogen-bond acceptors (Lipinski definition) is 9. The quantitative estimate of drug-likeness (QED) is 0.0778. The molecule has 1 rings (SSSR count). The standard InChI is InChI=1S/C30H45N5O11/c1-5-16(2)25(35-26(41)18(4)31-23(38)13-17(3)37)29(44)33-21(14-19-9-7-6-8-10-19)28(43)32-20(11-12-24(39)40)27(42)34-22(15-36)30(45)46/h6-10,16-18,20-22,25,36-37H,5,11-15H2,1-4H3,(H,31,38)(H,32,43)(H,33,44)(H,34,42)(H,35,41)(H,39,40)(H,45,46). The summed E-state index contributed by atoms with van der Waals surface area (Å²) in [5, 5.41) is 49.1. The Bertz CT molecular complexity index is 1210. The number of carbonyl (C=O) groups excluding carboxylic acids is 5. The van der Waals surface area contributed by atoms with E-state index in [0.29, 0.717) is 12.0 Å². The molecule has 0 bridgehead atoms. The molecule has 0 saturated carbocycles. The average Bonchev–Trinajstić information content (AvgIpc) is 2.99. The number of aliphatic carboxylic acids is 2. The summed E-state index contributed by atoms with van der Waals surface area (Å²) in [6, 6.07) is 1.70. The van der Waals surface area contributed by atoms with Crippen LogP contribution >= 0.6 is 0 Å². The third kappa shape index (κ3) is 14.0. The average molecular weight is 652 g/mol. The predicted octanol–water partition coefficient (Wildman–Crippen LogP) is -1.57.